The largest absolute Gasteiger partial charge is 0.481 e. The smallest absolute Gasteiger partial charge is 0.303 e. The standard InChI is InChI=1S/C14H26N2O4S/c1-9(2)21-8-11(12(17)5-7-14(19)20)16-13(18)6-4-10(3)15/h9-11H,4-8,15H2,1-3H3,(H,16,18)(H,19,20). The summed E-state index contributed by atoms with van der Waals surface area (Å²) < 4.78 is 0. The normalized spacial score (nSPS) is 13.8. The number of carbonyl (C=O) groups is 3. The van der Waals surface area contributed by atoms with Crippen LogP contribution in [0, 0.1) is 0 Å². The fraction of sp³-hybridized carbons (Fsp3) is 0.786. The highest BCUT2D eigenvalue weighted by Gasteiger charge is 2.21. The van der Waals surface area contributed by atoms with E-state index in [-0.39, 0.29) is 37.0 Å². The predicted octanol–water partition coefficient (Wildman–Crippen LogP) is 1.17. The maximum Gasteiger partial charge on any atom is 0.303 e. The maximum absolute atomic E-state index is 12.0. The Kier molecular flexibility index (Phi) is 10.1. The van der Waals surface area contributed by atoms with Crippen LogP contribution >= 0.6 is 11.8 Å². The number of nitrogens with one attached hydrogen (secondary N) is 1. The van der Waals surface area contributed by atoms with E-state index < -0.39 is 12.0 Å². The minimum absolute atomic E-state index is 0.0633. The van der Waals surface area contributed by atoms with Gasteiger partial charge in [0.2, 0.25) is 5.91 Å². The van der Waals surface area contributed by atoms with E-state index in [9.17, 15) is 14.4 Å². The Hall–Kier alpha value is -1.08. The Labute approximate surface area is 130 Å². The maximum atomic E-state index is 12.0. The van der Waals surface area contributed by atoms with Crippen molar-refractivity contribution < 1.29 is 19.5 Å². The number of aliphatic carboxylic acids is 1. The molecular weight excluding hydrogens is 292 g/mol. The SMILES string of the molecule is CC(N)CCC(=O)NC(CSC(C)C)C(=O)CCC(=O)O. The fourth-order valence-electron chi connectivity index (χ4n) is 1.53. The van der Waals surface area contributed by atoms with Gasteiger partial charge in [0, 0.05) is 24.6 Å². The van der Waals surface area contributed by atoms with Crippen molar-refractivity contribution in [2.24, 2.45) is 5.73 Å². The lowest BCUT2D eigenvalue weighted by Gasteiger charge is -2.18. The Morgan fingerprint density at radius 2 is 1.76 bits per heavy atom. The molecule has 0 aliphatic rings. The van der Waals surface area contributed by atoms with Crippen LogP contribution in [0.4, 0.5) is 0 Å². The number of amides is 1. The molecule has 1 amide bonds. The minimum atomic E-state index is -1.01. The summed E-state index contributed by atoms with van der Waals surface area (Å²) in [4.78, 5) is 34.4. The van der Waals surface area contributed by atoms with E-state index in [1.807, 2.05) is 20.8 Å². The Bertz CT molecular complexity index is 359. The lowest BCUT2D eigenvalue weighted by Crippen LogP contribution is -2.43. The van der Waals surface area contributed by atoms with Crippen LogP contribution in [0.2, 0.25) is 0 Å². The van der Waals surface area contributed by atoms with Gasteiger partial charge in [0.05, 0.1) is 12.5 Å². The van der Waals surface area contributed by atoms with Crippen molar-refractivity contribution in [3.63, 3.8) is 0 Å². The van der Waals surface area contributed by atoms with Crippen LogP contribution in [0.15, 0.2) is 0 Å². The minimum Gasteiger partial charge on any atom is -0.481 e. The summed E-state index contributed by atoms with van der Waals surface area (Å²) in [5, 5.41) is 11.7. The van der Waals surface area contributed by atoms with Crippen LogP contribution in [-0.4, -0.2) is 45.9 Å². The van der Waals surface area contributed by atoms with Gasteiger partial charge in [-0.15, -0.1) is 0 Å². The molecule has 0 fully saturated rings. The Morgan fingerprint density at radius 1 is 1.14 bits per heavy atom. The van der Waals surface area contributed by atoms with E-state index in [0.29, 0.717) is 17.4 Å². The molecule has 0 aromatic carbocycles. The first kappa shape index (κ1) is 19.9. The molecule has 0 rings (SSSR count). The van der Waals surface area contributed by atoms with E-state index in [1.165, 1.54) is 0 Å². The van der Waals surface area contributed by atoms with Gasteiger partial charge in [-0.3, -0.25) is 14.4 Å². The summed E-state index contributed by atoms with van der Waals surface area (Å²) in [7, 11) is 0. The molecule has 6 nitrogen and oxygen atoms in total. The van der Waals surface area contributed by atoms with E-state index in [2.05, 4.69) is 5.32 Å². The molecule has 0 saturated carbocycles. The summed E-state index contributed by atoms with van der Waals surface area (Å²) in [5.74, 6) is -1.01. The number of ketones is 1. The molecule has 0 aromatic rings. The Balaban J connectivity index is 4.46. The average molecular weight is 318 g/mol. The molecule has 0 radical (unpaired) electrons. The van der Waals surface area contributed by atoms with Gasteiger partial charge in [-0.05, 0) is 18.6 Å². The lowest BCUT2D eigenvalue weighted by atomic mass is 10.1. The van der Waals surface area contributed by atoms with Crippen molar-refractivity contribution in [3.8, 4) is 0 Å². The van der Waals surface area contributed by atoms with Crippen LogP contribution in [-0.2, 0) is 14.4 Å². The number of rotatable bonds is 11. The van der Waals surface area contributed by atoms with Crippen molar-refractivity contribution in [1.29, 1.82) is 0 Å². The van der Waals surface area contributed by atoms with Gasteiger partial charge in [0.25, 0.3) is 0 Å². The Morgan fingerprint density at radius 3 is 2.24 bits per heavy atom. The van der Waals surface area contributed by atoms with E-state index in [0.717, 1.165) is 0 Å². The summed E-state index contributed by atoms with van der Waals surface area (Å²) >= 11 is 1.56. The number of Topliss-reactive ketones (excluding diaryl/α,β-unsaturated/α-hetero) is 1. The number of carbonyl (C=O) groups excluding carboxylic acids is 2. The van der Waals surface area contributed by atoms with Crippen molar-refractivity contribution in [2.45, 2.75) is 63.8 Å². The molecule has 21 heavy (non-hydrogen) atoms. The molecule has 0 saturated heterocycles. The van der Waals surface area contributed by atoms with Crippen LogP contribution in [0.3, 0.4) is 0 Å². The van der Waals surface area contributed by atoms with Gasteiger partial charge in [-0.2, -0.15) is 11.8 Å². The molecule has 0 aliphatic carbocycles. The molecule has 0 aliphatic heterocycles. The fourth-order valence-corrected chi connectivity index (χ4v) is 2.38. The monoisotopic (exact) mass is 318 g/mol. The second kappa shape index (κ2) is 10.6. The zero-order valence-electron chi connectivity index (χ0n) is 12.9. The zero-order valence-corrected chi connectivity index (χ0v) is 13.7. The van der Waals surface area contributed by atoms with Crippen LogP contribution in [0.25, 0.3) is 0 Å². The van der Waals surface area contributed by atoms with Crippen LogP contribution < -0.4 is 11.1 Å². The second-order valence-electron chi connectivity index (χ2n) is 5.38. The molecule has 2 unspecified atom stereocenters. The number of nitrogens with two attached hydrogens (primary N) is 1. The molecule has 122 valence electrons. The summed E-state index contributed by atoms with van der Waals surface area (Å²) in [6, 6.07) is -0.695. The molecule has 0 heterocycles. The average Bonchev–Trinajstić information content (AvgIpc) is 2.38. The molecule has 4 N–H and O–H groups in total. The van der Waals surface area contributed by atoms with E-state index in [1.54, 1.807) is 11.8 Å². The number of hydrogen-bond acceptors (Lipinski definition) is 5. The third kappa shape index (κ3) is 11.3. The van der Waals surface area contributed by atoms with E-state index >= 15 is 0 Å². The van der Waals surface area contributed by atoms with Gasteiger partial charge >= 0.3 is 5.97 Å². The molecule has 7 heteroatoms. The van der Waals surface area contributed by atoms with Gasteiger partial charge in [0.15, 0.2) is 5.78 Å². The van der Waals surface area contributed by atoms with Crippen molar-refractivity contribution in [1.82, 2.24) is 5.32 Å². The predicted molar refractivity (Wildman–Crippen MR) is 84.3 cm³/mol. The summed E-state index contributed by atoms with van der Waals surface area (Å²) in [5.41, 5.74) is 5.59. The van der Waals surface area contributed by atoms with E-state index in [4.69, 9.17) is 10.8 Å². The van der Waals surface area contributed by atoms with Crippen LogP contribution in [0.1, 0.15) is 46.5 Å². The van der Waals surface area contributed by atoms with Gasteiger partial charge in [-0.1, -0.05) is 13.8 Å². The highest BCUT2D eigenvalue weighted by molar-refractivity contribution is 7.99. The van der Waals surface area contributed by atoms with Gasteiger partial charge < -0.3 is 16.2 Å². The van der Waals surface area contributed by atoms with Gasteiger partial charge in [0.1, 0.15) is 0 Å². The number of hydrogen-bond donors (Lipinski definition) is 3. The molecule has 0 aromatic heterocycles. The quantitative estimate of drug-likeness (QED) is 0.527. The number of carboxylic acids is 1. The number of carboxylic acid groups (broad SMARTS) is 1. The summed E-state index contributed by atoms with van der Waals surface area (Å²) in [6.45, 7) is 5.82. The third-order valence-corrected chi connectivity index (χ3v) is 3.92. The van der Waals surface area contributed by atoms with Crippen molar-refractivity contribution in [3.05, 3.63) is 0 Å². The highest BCUT2D eigenvalue weighted by atomic mass is 32.2. The van der Waals surface area contributed by atoms with Crippen molar-refractivity contribution in [2.75, 3.05) is 5.75 Å². The first-order valence-corrected chi connectivity index (χ1v) is 8.18. The number of thioether (sulfide) groups is 1. The van der Waals surface area contributed by atoms with Crippen LogP contribution in [0.5, 0.6) is 0 Å². The topological polar surface area (TPSA) is 109 Å². The molecule has 0 bridgehead atoms. The molecule has 2 atom stereocenters. The molecular formula is C14H26N2O4S. The van der Waals surface area contributed by atoms with Gasteiger partial charge in [-0.25, -0.2) is 0 Å². The first-order valence-electron chi connectivity index (χ1n) is 7.13. The first-order chi connectivity index (χ1) is 9.72. The third-order valence-electron chi connectivity index (χ3n) is 2.73. The zero-order chi connectivity index (χ0) is 16.4. The lowest BCUT2D eigenvalue weighted by molar-refractivity contribution is -0.138. The summed E-state index contributed by atoms with van der Waals surface area (Å²) in [6.07, 6.45) is 0.551. The molecule has 0 spiro atoms. The van der Waals surface area contributed by atoms with Crippen molar-refractivity contribution >= 4 is 29.4 Å². The second-order valence-corrected chi connectivity index (χ2v) is 6.99. The highest BCUT2D eigenvalue weighted by Crippen LogP contribution is 2.13.